The van der Waals surface area contributed by atoms with Gasteiger partial charge >= 0.3 is 6.18 Å². The maximum absolute atomic E-state index is 14.8. The minimum Gasteiger partial charge on any atom is -0.322 e. The Bertz CT molecular complexity index is 1370. The van der Waals surface area contributed by atoms with Crippen LogP contribution < -0.4 is 10.6 Å². The summed E-state index contributed by atoms with van der Waals surface area (Å²) in [5.74, 6) is -1.50. The van der Waals surface area contributed by atoms with E-state index in [1.807, 2.05) is 32.0 Å². The number of aryl methyl sites for hydroxylation is 2. The molecular weight excluding hydrogens is 460 g/mol. The number of amides is 1. The van der Waals surface area contributed by atoms with Crippen molar-refractivity contribution in [2.45, 2.75) is 20.0 Å². The molecule has 35 heavy (non-hydrogen) atoms. The quantitative estimate of drug-likeness (QED) is 0.305. The number of hydrogen-bond donors (Lipinski definition) is 2. The molecule has 0 fully saturated rings. The molecule has 0 aliphatic heterocycles. The maximum atomic E-state index is 14.8. The number of para-hydroxylation sites is 1. The number of carbonyl (C=O) groups is 1. The van der Waals surface area contributed by atoms with Gasteiger partial charge in [-0.3, -0.25) is 4.79 Å². The van der Waals surface area contributed by atoms with Crippen molar-refractivity contribution >= 4 is 23.2 Å². The molecule has 0 saturated heterocycles. The minimum absolute atomic E-state index is 0.0778. The zero-order valence-electron chi connectivity index (χ0n) is 18.7. The van der Waals surface area contributed by atoms with Gasteiger partial charge < -0.3 is 10.6 Å². The second kappa shape index (κ2) is 9.54. The van der Waals surface area contributed by atoms with Gasteiger partial charge in [-0.1, -0.05) is 48.5 Å². The average molecular weight is 480 g/mol. The third-order valence-electron chi connectivity index (χ3n) is 5.34. The standard InChI is InChI=1S/C26H20F4N4O/c1-15-7-6-8-16(2)22(15)33-24(35)18-11-12-21(20(27)13-18)32-25-31-14-19(26(28,29)30)23(34-25)17-9-4-3-5-10-17/h3-14H,1-2H3,(H,33,35)(H,31,32,34). The molecule has 0 saturated carbocycles. The Kier molecular flexibility index (Phi) is 6.50. The molecule has 4 aromatic rings. The summed E-state index contributed by atoms with van der Waals surface area (Å²) in [6, 6.07) is 17.1. The van der Waals surface area contributed by atoms with Gasteiger partial charge in [-0.2, -0.15) is 13.2 Å². The molecule has 178 valence electrons. The molecule has 3 aromatic carbocycles. The largest absolute Gasteiger partial charge is 0.419 e. The van der Waals surface area contributed by atoms with Gasteiger partial charge in [-0.05, 0) is 43.2 Å². The smallest absolute Gasteiger partial charge is 0.322 e. The highest BCUT2D eigenvalue weighted by molar-refractivity contribution is 6.05. The van der Waals surface area contributed by atoms with Crippen LogP contribution in [0.1, 0.15) is 27.0 Å². The van der Waals surface area contributed by atoms with Crippen molar-refractivity contribution in [2.75, 3.05) is 10.6 Å². The molecule has 2 N–H and O–H groups in total. The fourth-order valence-corrected chi connectivity index (χ4v) is 3.54. The lowest BCUT2D eigenvalue weighted by Crippen LogP contribution is -2.14. The molecule has 0 aliphatic rings. The molecule has 1 aromatic heterocycles. The number of hydrogen-bond acceptors (Lipinski definition) is 4. The Hall–Kier alpha value is -4.27. The summed E-state index contributed by atoms with van der Waals surface area (Å²) in [6.45, 7) is 3.70. The van der Waals surface area contributed by atoms with Crippen LogP contribution in [0, 0.1) is 19.7 Å². The number of rotatable bonds is 5. The van der Waals surface area contributed by atoms with Crippen LogP contribution in [0.25, 0.3) is 11.3 Å². The van der Waals surface area contributed by atoms with E-state index in [9.17, 15) is 22.4 Å². The van der Waals surface area contributed by atoms with E-state index >= 15 is 0 Å². The van der Waals surface area contributed by atoms with Crippen molar-refractivity contribution in [2.24, 2.45) is 0 Å². The predicted octanol–water partition coefficient (Wildman–Crippen LogP) is 6.91. The van der Waals surface area contributed by atoms with Gasteiger partial charge in [0.1, 0.15) is 11.4 Å². The van der Waals surface area contributed by atoms with E-state index in [1.165, 1.54) is 24.3 Å². The fraction of sp³-hybridized carbons (Fsp3) is 0.115. The lowest BCUT2D eigenvalue weighted by atomic mass is 10.1. The molecule has 1 heterocycles. The maximum Gasteiger partial charge on any atom is 0.419 e. The first kappa shape index (κ1) is 23.9. The van der Waals surface area contributed by atoms with E-state index in [0.29, 0.717) is 11.9 Å². The molecule has 0 bridgehead atoms. The molecule has 4 rings (SSSR count). The van der Waals surface area contributed by atoms with Crippen molar-refractivity contribution in [1.82, 2.24) is 9.97 Å². The van der Waals surface area contributed by atoms with Crippen LogP contribution in [-0.2, 0) is 6.18 Å². The van der Waals surface area contributed by atoms with Crippen molar-refractivity contribution in [3.8, 4) is 11.3 Å². The molecular formula is C26H20F4N4O. The van der Waals surface area contributed by atoms with E-state index < -0.39 is 23.5 Å². The second-order valence-electron chi connectivity index (χ2n) is 7.86. The molecule has 5 nitrogen and oxygen atoms in total. The molecule has 0 aliphatic carbocycles. The van der Waals surface area contributed by atoms with Gasteiger partial charge in [0, 0.05) is 23.0 Å². The SMILES string of the molecule is Cc1cccc(C)c1NC(=O)c1ccc(Nc2ncc(C(F)(F)F)c(-c3ccccc3)n2)c(F)c1. The third-order valence-corrected chi connectivity index (χ3v) is 5.34. The van der Waals surface area contributed by atoms with Crippen molar-refractivity contribution in [3.05, 3.63) is 101 Å². The van der Waals surface area contributed by atoms with Crippen molar-refractivity contribution < 1.29 is 22.4 Å². The second-order valence-corrected chi connectivity index (χ2v) is 7.86. The number of halogens is 4. The van der Waals surface area contributed by atoms with E-state index in [-0.39, 0.29) is 28.5 Å². The Morgan fingerprint density at radius 1 is 0.914 bits per heavy atom. The lowest BCUT2D eigenvalue weighted by molar-refractivity contribution is -0.137. The number of benzene rings is 3. The topological polar surface area (TPSA) is 66.9 Å². The summed E-state index contributed by atoms with van der Waals surface area (Å²) >= 11 is 0. The predicted molar refractivity (Wildman–Crippen MR) is 126 cm³/mol. The normalized spacial score (nSPS) is 11.3. The van der Waals surface area contributed by atoms with Crippen LogP contribution in [0.15, 0.2) is 72.9 Å². The van der Waals surface area contributed by atoms with Crippen molar-refractivity contribution in [1.29, 1.82) is 0 Å². The van der Waals surface area contributed by atoms with Crippen LogP contribution >= 0.6 is 0 Å². The summed E-state index contributed by atoms with van der Waals surface area (Å²) in [5.41, 5.74) is 1.27. The summed E-state index contributed by atoms with van der Waals surface area (Å²) in [6.07, 6.45) is -4.01. The number of nitrogens with zero attached hydrogens (tertiary/aromatic N) is 2. The third kappa shape index (κ3) is 5.29. The number of carbonyl (C=O) groups excluding carboxylic acids is 1. The van der Waals surface area contributed by atoms with Gasteiger partial charge in [-0.15, -0.1) is 0 Å². The summed E-state index contributed by atoms with van der Waals surface area (Å²) in [7, 11) is 0. The summed E-state index contributed by atoms with van der Waals surface area (Å²) < 4.78 is 55.3. The van der Waals surface area contributed by atoms with Crippen LogP contribution in [0.5, 0.6) is 0 Å². The molecule has 9 heteroatoms. The van der Waals surface area contributed by atoms with Crippen LogP contribution in [0.3, 0.4) is 0 Å². The van der Waals surface area contributed by atoms with Crippen molar-refractivity contribution in [3.63, 3.8) is 0 Å². The van der Waals surface area contributed by atoms with Crippen LogP contribution in [-0.4, -0.2) is 15.9 Å². The zero-order chi connectivity index (χ0) is 25.2. The summed E-state index contributed by atoms with van der Waals surface area (Å²) in [5, 5.41) is 5.38. The first-order chi connectivity index (χ1) is 16.6. The fourth-order valence-electron chi connectivity index (χ4n) is 3.54. The highest BCUT2D eigenvalue weighted by atomic mass is 19.4. The summed E-state index contributed by atoms with van der Waals surface area (Å²) in [4.78, 5) is 20.3. The van der Waals surface area contributed by atoms with Crippen LogP contribution in [0.2, 0.25) is 0 Å². The van der Waals surface area contributed by atoms with Crippen LogP contribution in [0.4, 0.5) is 34.9 Å². The first-order valence-corrected chi connectivity index (χ1v) is 10.6. The minimum atomic E-state index is -4.67. The molecule has 0 unspecified atom stereocenters. The average Bonchev–Trinajstić information content (AvgIpc) is 2.82. The monoisotopic (exact) mass is 480 g/mol. The zero-order valence-corrected chi connectivity index (χ0v) is 18.7. The highest BCUT2D eigenvalue weighted by Crippen LogP contribution is 2.36. The van der Waals surface area contributed by atoms with E-state index in [2.05, 4.69) is 20.6 Å². The Morgan fingerprint density at radius 3 is 2.23 bits per heavy atom. The van der Waals surface area contributed by atoms with E-state index in [4.69, 9.17) is 0 Å². The number of nitrogens with one attached hydrogen (secondary N) is 2. The van der Waals surface area contributed by atoms with E-state index in [0.717, 1.165) is 17.2 Å². The van der Waals surface area contributed by atoms with E-state index in [1.54, 1.807) is 18.2 Å². The Morgan fingerprint density at radius 2 is 1.60 bits per heavy atom. The van der Waals surface area contributed by atoms with Gasteiger partial charge in [0.2, 0.25) is 5.95 Å². The van der Waals surface area contributed by atoms with Gasteiger partial charge in [0.15, 0.2) is 0 Å². The Labute approximate surface area is 198 Å². The molecule has 0 atom stereocenters. The highest BCUT2D eigenvalue weighted by Gasteiger charge is 2.35. The lowest BCUT2D eigenvalue weighted by Gasteiger charge is -2.14. The number of aromatic nitrogens is 2. The molecule has 0 spiro atoms. The molecule has 1 amide bonds. The first-order valence-electron chi connectivity index (χ1n) is 10.6. The van der Waals surface area contributed by atoms with Gasteiger partial charge in [-0.25, -0.2) is 14.4 Å². The number of alkyl halides is 3. The Balaban J connectivity index is 1.60. The van der Waals surface area contributed by atoms with Gasteiger partial charge in [0.25, 0.3) is 5.91 Å². The van der Waals surface area contributed by atoms with Gasteiger partial charge in [0.05, 0.1) is 11.4 Å². The molecule has 0 radical (unpaired) electrons. The number of anilines is 3.